The summed E-state index contributed by atoms with van der Waals surface area (Å²) in [6, 6.07) is 8.11. The molecule has 18 heavy (non-hydrogen) atoms. The molecule has 3 heteroatoms. The molecule has 2 rings (SSSR count). The van der Waals surface area contributed by atoms with Crippen molar-refractivity contribution in [3.05, 3.63) is 42.4 Å². The van der Waals surface area contributed by atoms with Gasteiger partial charge in [0.1, 0.15) is 5.75 Å². The highest BCUT2D eigenvalue weighted by Crippen LogP contribution is 2.27. The topological polar surface area (TPSA) is 34.4 Å². The summed E-state index contributed by atoms with van der Waals surface area (Å²) in [5.41, 5.74) is 3.52. The second-order valence-corrected chi connectivity index (χ2v) is 4.21. The van der Waals surface area contributed by atoms with Crippen LogP contribution >= 0.6 is 0 Å². The van der Waals surface area contributed by atoms with Crippen LogP contribution in [-0.4, -0.2) is 13.7 Å². The molecular formula is C15H19NO2. The van der Waals surface area contributed by atoms with Gasteiger partial charge in [0.25, 0.3) is 0 Å². The van der Waals surface area contributed by atoms with Crippen molar-refractivity contribution >= 4 is 0 Å². The third kappa shape index (κ3) is 2.93. The second kappa shape index (κ2) is 6.26. The Bertz CT molecular complexity index is 477. The Morgan fingerprint density at radius 3 is 2.83 bits per heavy atom. The highest BCUT2D eigenvalue weighted by molar-refractivity contribution is 5.67. The van der Waals surface area contributed by atoms with Crippen LogP contribution in [0.5, 0.6) is 5.75 Å². The van der Waals surface area contributed by atoms with Crippen LogP contribution in [0.2, 0.25) is 0 Å². The number of furan rings is 1. The van der Waals surface area contributed by atoms with E-state index in [1.807, 2.05) is 12.1 Å². The van der Waals surface area contributed by atoms with Crippen LogP contribution < -0.4 is 10.1 Å². The molecule has 1 heterocycles. The molecule has 0 saturated carbocycles. The summed E-state index contributed by atoms with van der Waals surface area (Å²) >= 11 is 0. The van der Waals surface area contributed by atoms with Gasteiger partial charge < -0.3 is 14.5 Å². The van der Waals surface area contributed by atoms with E-state index in [0.29, 0.717) is 0 Å². The molecule has 0 fully saturated rings. The van der Waals surface area contributed by atoms with Gasteiger partial charge in [0, 0.05) is 12.1 Å². The van der Waals surface area contributed by atoms with Crippen LogP contribution in [0.25, 0.3) is 11.1 Å². The third-order valence-corrected chi connectivity index (χ3v) is 2.89. The first-order chi connectivity index (χ1) is 8.85. The van der Waals surface area contributed by atoms with Crippen LogP contribution in [0.1, 0.15) is 18.9 Å². The molecule has 1 aromatic heterocycles. The maximum atomic E-state index is 5.28. The fraction of sp³-hybridized carbons (Fsp3) is 0.333. The molecule has 1 N–H and O–H groups in total. The Labute approximate surface area is 108 Å². The van der Waals surface area contributed by atoms with E-state index >= 15 is 0 Å². The number of benzene rings is 1. The van der Waals surface area contributed by atoms with Gasteiger partial charge >= 0.3 is 0 Å². The Kier molecular flexibility index (Phi) is 4.42. The lowest BCUT2D eigenvalue weighted by Gasteiger charge is -2.11. The van der Waals surface area contributed by atoms with Crippen molar-refractivity contribution in [2.24, 2.45) is 0 Å². The van der Waals surface area contributed by atoms with Gasteiger partial charge in [-0.05, 0) is 42.3 Å². The normalized spacial score (nSPS) is 10.6. The van der Waals surface area contributed by atoms with Crippen molar-refractivity contribution in [3.8, 4) is 16.9 Å². The number of rotatable bonds is 6. The second-order valence-electron chi connectivity index (χ2n) is 4.21. The summed E-state index contributed by atoms with van der Waals surface area (Å²) < 4.78 is 10.4. The molecular weight excluding hydrogens is 226 g/mol. The van der Waals surface area contributed by atoms with Gasteiger partial charge in [0.2, 0.25) is 0 Å². The van der Waals surface area contributed by atoms with Gasteiger partial charge in [-0.2, -0.15) is 0 Å². The molecule has 0 bridgehead atoms. The Hall–Kier alpha value is -1.74. The fourth-order valence-electron chi connectivity index (χ4n) is 1.94. The van der Waals surface area contributed by atoms with E-state index in [1.165, 1.54) is 11.1 Å². The van der Waals surface area contributed by atoms with Crippen molar-refractivity contribution in [1.29, 1.82) is 0 Å². The molecule has 0 saturated heterocycles. The van der Waals surface area contributed by atoms with E-state index in [2.05, 4.69) is 24.4 Å². The van der Waals surface area contributed by atoms with Gasteiger partial charge in [-0.15, -0.1) is 0 Å². The minimum absolute atomic E-state index is 0.839. The summed E-state index contributed by atoms with van der Waals surface area (Å²) in [4.78, 5) is 0. The fourth-order valence-corrected chi connectivity index (χ4v) is 1.94. The Balaban J connectivity index is 2.27. The molecule has 0 unspecified atom stereocenters. The zero-order valence-electron chi connectivity index (χ0n) is 10.9. The molecule has 0 aliphatic carbocycles. The first-order valence-electron chi connectivity index (χ1n) is 6.25. The van der Waals surface area contributed by atoms with Crippen LogP contribution in [0, 0.1) is 0 Å². The first-order valence-corrected chi connectivity index (χ1v) is 6.25. The van der Waals surface area contributed by atoms with Gasteiger partial charge in [-0.3, -0.25) is 0 Å². The minimum Gasteiger partial charge on any atom is -0.497 e. The molecule has 0 amide bonds. The van der Waals surface area contributed by atoms with Crippen LogP contribution in [0.15, 0.2) is 41.2 Å². The number of methoxy groups -OCH3 is 1. The molecule has 0 atom stereocenters. The average Bonchev–Trinajstić information content (AvgIpc) is 2.92. The average molecular weight is 245 g/mol. The number of hydrogen-bond donors (Lipinski definition) is 1. The van der Waals surface area contributed by atoms with Crippen LogP contribution in [-0.2, 0) is 6.54 Å². The molecule has 0 aliphatic rings. The number of hydrogen-bond acceptors (Lipinski definition) is 3. The van der Waals surface area contributed by atoms with Crippen LogP contribution in [0.4, 0.5) is 0 Å². The standard InChI is InChI=1S/C15H19NO2/c1-3-7-16-10-13-9-14(17-2)4-5-15(13)12-6-8-18-11-12/h4-6,8-9,11,16H,3,7,10H2,1-2H3. The maximum Gasteiger partial charge on any atom is 0.119 e. The SMILES string of the molecule is CCCNCc1cc(OC)ccc1-c1ccoc1. The van der Waals surface area contributed by atoms with Gasteiger partial charge in [-0.25, -0.2) is 0 Å². The minimum atomic E-state index is 0.839. The first kappa shape index (κ1) is 12.7. The van der Waals surface area contributed by atoms with Crippen molar-refractivity contribution in [2.75, 3.05) is 13.7 Å². The van der Waals surface area contributed by atoms with E-state index in [9.17, 15) is 0 Å². The van der Waals surface area contributed by atoms with Crippen molar-refractivity contribution < 1.29 is 9.15 Å². The summed E-state index contributed by atoms with van der Waals surface area (Å²) in [7, 11) is 1.69. The largest absolute Gasteiger partial charge is 0.497 e. The van der Waals surface area contributed by atoms with E-state index in [0.717, 1.165) is 30.8 Å². The molecule has 3 nitrogen and oxygen atoms in total. The lowest BCUT2D eigenvalue weighted by molar-refractivity contribution is 0.414. The zero-order valence-corrected chi connectivity index (χ0v) is 10.9. The molecule has 0 aliphatic heterocycles. The van der Waals surface area contributed by atoms with Crippen molar-refractivity contribution in [1.82, 2.24) is 5.32 Å². The van der Waals surface area contributed by atoms with E-state index in [-0.39, 0.29) is 0 Å². The lowest BCUT2D eigenvalue weighted by atomic mass is 10.0. The van der Waals surface area contributed by atoms with Crippen molar-refractivity contribution in [2.45, 2.75) is 19.9 Å². The monoisotopic (exact) mass is 245 g/mol. The Morgan fingerprint density at radius 1 is 1.28 bits per heavy atom. The highest BCUT2D eigenvalue weighted by atomic mass is 16.5. The quantitative estimate of drug-likeness (QED) is 0.791. The number of nitrogens with one attached hydrogen (secondary N) is 1. The number of ether oxygens (including phenoxy) is 1. The van der Waals surface area contributed by atoms with Gasteiger partial charge in [0.15, 0.2) is 0 Å². The zero-order chi connectivity index (χ0) is 12.8. The summed E-state index contributed by atoms with van der Waals surface area (Å²) in [6.07, 6.45) is 4.60. The maximum absolute atomic E-state index is 5.28. The smallest absolute Gasteiger partial charge is 0.119 e. The molecule has 2 aromatic rings. The van der Waals surface area contributed by atoms with Gasteiger partial charge in [-0.1, -0.05) is 13.0 Å². The van der Waals surface area contributed by atoms with E-state index < -0.39 is 0 Å². The summed E-state index contributed by atoms with van der Waals surface area (Å²) in [5, 5.41) is 3.42. The molecule has 96 valence electrons. The summed E-state index contributed by atoms with van der Waals surface area (Å²) in [5.74, 6) is 0.885. The highest BCUT2D eigenvalue weighted by Gasteiger charge is 2.07. The molecule has 0 radical (unpaired) electrons. The predicted octanol–water partition coefficient (Wildman–Crippen LogP) is 3.45. The third-order valence-electron chi connectivity index (χ3n) is 2.89. The van der Waals surface area contributed by atoms with Crippen LogP contribution in [0.3, 0.4) is 0 Å². The van der Waals surface area contributed by atoms with Crippen molar-refractivity contribution in [3.63, 3.8) is 0 Å². The van der Waals surface area contributed by atoms with E-state index in [1.54, 1.807) is 19.6 Å². The Morgan fingerprint density at radius 2 is 2.17 bits per heavy atom. The molecule has 1 aromatic carbocycles. The lowest BCUT2D eigenvalue weighted by Crippen LogP contribution is -2.14. The van der Waals surface area contributed by atoms with Gasteiger partial charge in [0.05, 0.1) is 19.6 Å². The van der Waals surface area contributed by atoms with E-state index in [4.69, 9.17) is 9.15 Å². The summed E-state index contributed by atoms with van der Waals surface area (Å²) in [6.45, 7) is 4.02. The molecule has 0 spiro atoms. The predicted molar refractivity (Wildman–Crippen MR) is 72.7 cm³/mol.